The zero-order valence-electron chi connectivity index (χ0n) is 14.8. The predicted molar refractivity (Wildman–Crippen MR) is 109 cm³/mol. The average molecular weight is 394 g/mol. The first kappa shape index (κ1) is 18.0. The number of hydrogen-bond donors (Lipinski definition) is 3. The molecule has 0 spiro atoms. The van der Waals surface area contributed by atoms with Crippen LogP contribution in [0.25, 0.3) is 11.0 Å². The minimum Gasteiger partial charge on any atom is -0.355 e. The number of aromatic nitrogens is 2. The maximum atomic E-state index is 12.4. The van der Waals surface area contributed by atoms with Crippen LogP contribution in [0.15, 0.2) is 82.5 Å². The van der Waals surface area contributed by atoms with Gasteiger partial charge in [0.25, 0.3) is 0 Å². The van der Waals surface area contributed by atoms with Gasteiger partial charge in [-0.3, -0.25) is 4.57 Å². The summed E-state index contributed by atoms with van der Waals surface area (Å²) < 4.78 is 24.3. The first-order valence-corrected chi connectivity index (χ1v) is 10.1. The molecule has 4 aromatic rings. The van der Waals surface area contributed by atoms with Crippen LogP contribution in [-0.4, -0.2) is 18.0 Å². The summed E-state index contributed by atoms with van der Waals surface area (Å²) in [4.78, 5) is 15.3. The second-order valence-corrected chi connectivity index (χ2v) is 7.99. The molecule has 0 amide bonds. The van der Waals surface area contributed by atoms with Crippen LogP contribution >= 0.6 is 0 Å². The fraction of sp³-hybridized carbons (Fsp3) is 0.0500. The minimum atomic E-state index is -3.74. The molecule has 0 aliphatic rings. The van der Waals surface area contributed by atoms with E-state index in [1.807, 2.05) is 48.5 Å². The van der Waals surface area contributed by atoms with Crippen LogP contribution in [0.2, 0.25) is 0 Å². The Morgan fingerprint density at radius 1 is 0.929 bits per heavy atom. The van der Waals surface area contributed by atoms with Crippen LogP contribution in [0, 0.1) is 0 Å². The van der Waals surface area contributed by atoms with Crippen LogP contribution in [0.3, 0.4) is 0 Å². The van der Waals surface area contributed by atoms with Gasteiger partial charge in [0, 0.05) is 11.4 Å². The van der Waals surface area contributed by atoms with E-state index in [9.17, 15) is 13.2 Å². The number of sulfonamides is 1. The third-order valence-corrected chi connectivity index (χ3v) is 5.36. The number of fused-ring (bicyclic) bond motifs is 1. The van der Waals surface area contributed by atoms with Crippen LogP contribution < -0.4 is 16.1 Å². The molecule has 0 unspecified atom stereocenters. The van der Waals surface area contributed by atoms with E-state index in [0.29, 0.717) is 12.1 Å². The molecule has 0 saturated heterocycles. The number of rotatable bonds is 5. The summed E-state index contributed by atoms with van der Waals surface area (Å²) in [6, 6.07) is 21.6. The smallest absolute Gasteiger partial charge is 0.326 e. The molecule has 0 radical (unpaired) electrons. The number of aromatic amines is 1. The van der Waals surface area contributed by atoms with Gasteiger partial charge in [0.05, 0.1) is 22.5 Å². The van der Waals surface area contributed by atoms with Gasteiger partial charge in [-0.2, -0.15) is 0 Å². The van der Waals surface area contributed by atoms with Gasteiger partial charge < -0.3 is 10.3 Å². The summed E-state index contributed by atoms with van der Waals surface area (Å²) in [5, 5.41) is 8.41. The van der Waals surface area contributed by atoms with E-state index in [2.05, 4.69) is 10.3 Å². The Labute approximate surface area is 161 Å². The molecule has 1 aromatic heterocycles. The highest BCUT2D eigenvalue weighted by molar-refractivity contribution is 7.89. The summed E-state index contributed by atoms with van der Waals surface area (Å²) in [7, 11) is -3.74. The molecule has 0 saturated carbocycles. The van der Waals surface area contributed by atoms with Crippen molar-refractivity contribution in [3.8, 4) is 0 Å². The largest absolute Gasteiger partial charge is 0.355 e. The third-order valence-electron chi connectivity index (χ3n) is 4.43. The van der Waals surface area contributed by atoms with Gasteiger partial charge in [0.15, 0.2) is 0 Å². The number of nitrogens with one attached hydrogen (secondary N) is 2. The molecule has 1 heterocycles. The highest BCUT2D eigenvalue weighted by atomic mass is 32.2. The molecule has 28 heavy (non-hydrogen) atoms. The lowest BCUT2D eigenvalue weighted by atomic mass is 10.2. The number of H-pyrrole nitrogens is 1. The van der Waals surface area contributed by atoms with Crippen molar-refractivity contribution in [2.45, 2.75) is 11.4 Å². The predicted octanol–water partition coefficient (Wildman–Crippen LogP) is 2.77. The fourth-order valence-corrected chi connectivity index (χ4v) is 3.57. The molecular weight excluding hydrogens is 376 g/mol. The monoisotopic (exact) mass is 394 g/mol. The van der Waals surface area contributed by atoms with Gasteiger partial charge in [-0.1, -0.05) is 30.3 Å². The number of anilines is 2. The Balaban J connectivity index is 1.63. The second-order valence-electron chi connectivity index (χ2n) is 6.43. The van der Waals surface area contributed by atoms with E-state index >= 15 is 0 Å². The normalized spacial score (nSPS) is 11.6. The molecule has 7 nitrogen and oxygen atoms in total. The van der Waals surface area contributed by atoms with Crippen molar-refractivity contribution in [2.24, 2.45) is 5.14 Å². The number of imidazole rings is 1. The summed E-state index contributed by atoms with van der Waals surface area (Å²) in [6.45, 7) is 0.315. The first-order valence-electron chi connectivity index (χ1n) is 8.56. The summed E-state index contributed by atoms with van der Waals surface area (Å²) in [5.41, 5.74) is 3.86. The Morgan fingerprint density at radius 2 is 1.64 bits per heavy atom. The summed E-state index contributed by atoms with van der Waals surface area (Å²) >= 11 is 0. The molecule has 4 N–H and O–H groups in total. The van der Waals surface area contributed by atoms with Gasteiger partial charge >= 0.3 is 5.69 Å². The zero-order chi connectivity index (χ0) is 19.7. The Morgan fingerprint density at radius 3 is 2.32 bits per heavy atom. The van der Waals surface area contributed by atoms with Crippen molar-refractivity contribution in [3.05, 3.63) is 88.8 Å². The van der Waals surface area contributed by atoms with Gasteiger partial charge in [-0.05, 0) is 48.0 Å². The third kappa shape index (κ3) is 3.68. The van der Waals surface area contributed by atoms with Crippen molar-refractivity contribution in [3.63, 3.8) is 0 Å². The zero-order valence-corrected chi connectivity index (χ0v) is 15.6. The van der Waals surface area contributed by atoms with E-state index in [0.717, 1.165) is 22.5 Å². The number of benzene rings is 3. The lowest BCUT2D eigenvalue weighted by molar-refractivity contribution is 0.597. The SMILES string of the molecule is NS(=O)(=O)c1ccc(Cn2c(=O)[nH]c3cc(Nc4ccccc4)ccc32)cc1. The Kier molecular flexibility index (Phi) is 4.50. The molecule has 0 fully saturated rings. The van der Waals surface area contributed by atoms with Gasteiger partial charge in [0.2, 0.25) is 10.0 Å². The molecule has 0 aliphatic heterocycles. The van der Waals surface area contributed by atoms with Gasteiger partial charge in [-0.15, -0.1) is 0 Å². The lowest BCUT2D eigenvalue weighted by Gasteiger charge is -2.08. The number of hydrogen-bond acceptors (Lipinski definition) is 4. The maximum Gasteiger partial charge on any atom is 0.326 e. The molecule has 142 valence electrons. The molecule has 8 heteroatoms. The Bertz CT molecular complexity index is 1290. The van der Waals surface area contributed by atoms with Crippen molar-refractivity contribution in [1.82, 2.24) is 9.55 Å². The van der Waals surface area contributed by atoms with Crippen molar-refractivity contribution < 1.29 is 8.42 Å². The number of para-hydroxylation sites is 1. The highest BCUT2D eigenvalue weighted by Gasteiger charge is 2.10. The van der Waals surface area contributed by atoms with E-state index in [1.165, 1.54) is 12.1 Å². The van der Waals surface area contributed by atoms with E-state index in [-0.39, 0.29) is 10.6 Å². The van der Waals surface area contributed by atoms with Crippen molar-refractivity contribution >= 4 is 32.4 Å². The lowest BCUT2D eigenvalue weighted by Crippen LogP contribution is -2.17. The van der Waals surface area contributed by atoms with Crippen LogP contribution in [0.4, 0.5) is 11.4 Å². The highest BCUT2D eigenvalue weighted by Crippen LogP contribution is 2.21. The van der Waals surface area contributed by atoms with Crippen LogP contribution in [0.1, 0.15) is 5.56 Å². The van der Waals surface area contributed by atoms with Gasteiger partial charge in [0.1, 0.15) is 0 Å². The van der Waals surface area contributed by atoms with Crippen LogP contribution in [-0.2, 0) is 16.6 Å². The number of nitrogens with zero attached hydrogens (tertiary/aromatic N) is 1. The molecule has 0 atom stereocenters. The fourth-order valence-electron chi connectivity index (χ4n) is 3.05. The van der Waals surface area contributed by atoms with Gasteiger partial charge in [-0.25, -0.2) is 18.4 Å². The van der Waals surface area contributed by atoms with Crippen molar-refractivity contribution in [2.75, 3.05) is 5.32 Å². The minimum absolute atomic E-state index is 0.0409. The molecule has 4 rings (SSSR count). The quantitative estimate of drug-likeness (QED) is 0.483. The maximum absolute atomic E-state index is 12.4. The first-order chi connectivity index (χ1) is 13.4. The number of nitrogens with two attached hydrogens (primary N) is 1. The van der Waals surface area contributed by atoms with Crippen molar-refractivity contribution in [1.29, 1.82) is 0 Å². The summed E-state index contributed by atoms with van der Waals surface area (Å²) in [6.07, 6.45) is 0. The summed E-state index contributed by atoms with van der Waals surface area (Å²) in [5.74, 6) is 0. The van der Waals surface area contributed by atoms with E-state index in [1.54, 1.807) is 16.7 Å². The molecule has 3 aromatic carbocycles. The average Bonchev–Trinajstić information content (AvgIpc) is 2.97. The topological polar surface area (TPSA) is 110 Å². The van der Waals surface area contributed by atoms with E-state index in [4.69, 9.17) is 5.14 Å². The van der Waals surface area contributed by atoms with Crippen LogP contribution in [0.5, 0.6) is 0 Å². The molecule has 0 bridgehead atoms. The molecular formula is C20H18N4O3S. The second kappa shape index (κ2) is 6.99. The Hall–Kier alpha value is -3.36. The molecule has 0 aliphatic carbocycles. The van der Waals surface area contributed by atoms with E-state index < -0.39 is 10.0 Å². The standard InChI is InChI=1S/C20H18N4O3S/c21-28(26,27)17-9-6-14(7-10-17)13-24-19-11-8-16(12-18(19)23-20(24)25)22-15-4-2-1-3-5-15/h1-12,22H,13H2,(H,23,25)(H2,21,26,27). The number of primary sulfonamides is 1.